The standard InChI is InChI=1S/C20H22N6O2/c1-2-28-16-6-4-15(5-7-16)17-14-18(24-23-17)19(27)25-10-12-26(13-11-25)20-21-8-3-9-22-20/h3-9,14H,2,10-13H2,1H3,(H,23,24). The van der Waals surface area contributed by atoms with Gasteiger partial charge in [0.15, 0.2) is 0 Å². The van der Waals surface area contributed by atoms with Crippen LogP contribution in [0.3, 0.4) is 0 Å². The molecule has 0 saturated carbocycles. The van der Waals surface area contributed by atoms with E-state index >= 15 is 0 Å². The van der Waals surface area contributed by atoms with Crippen molar-refractivity contribution < 1.29 is 9.53 Å². The third-order valence-corrected chi connectivity index (χ3v) is 4.67. The molecule has 0 spiro atoms. The highest BCUT2D eigenvalue weighted by molar-refractivity contribution is 5.93. The van der Waals surface area contributed by atoms with Crippen molar-refractivity contribution in [3.63, 3.8) is 0 Å². The van der Waals surface area contributed by atoms with E-state index in [0.29, 0.717) is 44.4 Å². The minimum Gasteiger partial charge on any atom is -0.494 e. The Balaban J connectivity index is 1.39. The third kappa shape index (κ3) is 3.80. The van der Waals surface area contributed by atoms with Gasteiger partial charge in [-0.05, 0) is 43.3 Å². The Morgan fingerprint density at radius 2 is 1.82 bits per heavy atom. The van der Waals surface area contributed by atoms with Crippen molar-refractivity contribution in [2.24, 2.45) is 0 Å². The number of nitrogens with one attached hydrogen (secondary N) is 1. The van der Waals surface area contributed by atoms with E-state index in [-0.39, 0.29) is 5.91 Å². The van der Waals surface area contributed by atoms with Crippen LogP contribution in [0.1, 0.15) is 17.4 Å². The van der Waals surface area contributed by atoms with E-state index in [1.807, 2.05) is 36.1 Å². The predicted molar refractivity (Wildman–Crippen MR) is 105 cm³/mol. The fourth-order valence-electron chi connectivity index (χ4n) is 3.20. The molecule has 28 heavy (non-hydrogen) atoms. The van der Waals surface area contributed by atoms with Gasteiger partial charge in [0, 0.05) is 44.1 Å². The third-order valence-electron chi connectivity index (χ3n) is 4.67. The highest BCUT2D eigenvalue weighted by atomic mass is 16.5. The number of carbonyl (C=O) groups excluding carboxylic acids is 1. The molecule has 0 atom stereocenters. The maximum absolute atomic E-state index is 12.8. The average molecular weight is 378 g/mol. The average Bonchev–Trinajstić information content (AvgIpc) is 3.25. The van der Waals surface area contributed by atoms with Gasteiger partial charge in [0.05, 0.1) is 12.3 Å². The fraction of sp³-hybridized carbons (Fsp3) is 0.300. The minimum atomic E-state index is -0.0432. The highest BCUT2D eigenvalue weighted by Gasteiger charge is 2.24. The van der Waals surface area contributed by atoms with Crippen LogP contribution in [0.4, 0.5) is 5.95 Å². The monoisotopic (exact) mass is 378 g/mol. The summed E-state index contributed by atoms with van der Waals surface area (Å²) in [6.45, 7) is 5.23. The number of nitrogens with zero attached hydrogens (tertiary/aromatic N) is 5. The molecule has 0 bridgehead atoms. The molecule has 1 N–H and O–H groups in total. The van der Waals surface area contributed by atoms with Crippen molar-refractivity contribution in [3.05, 3.63) is 54.5 Å². The number of aromatic amines is 1. The second kappa shape index (κ2) is 8.08. The number of hydrogen-bond acceptors (Lipinski definition) is 6. The van der Waals surface area contributed by atoms with Crippen LogP contribution >= 0.6 is 0 Å². The number of rotatable bonds is 5. The minimum absolute atomic E-state index is 0.0432. The van der Waals surface area contributed by atoms with E-state index in [9.17, 15) is 4.79 Å². The second-order valence-electron chi connectivity index (χ2n) is 6.45. The molecule has 0 aliphatic carbocycles. The van der Waals surface area contributed by atoms with Crippen LogP contribution in [-0.2, 0) is 0 Å². The Morgan fingerprint density at radius 1 is 1.11 bits per heavy atom. The molecule has 3 aromatic rings. The van der Waals surface area contributed by atoms with E-state index in [1.54, 1.807) is 24.5 Å². The number of piperazine rings is 1. The van der Waals surface area contributed by atoms with Gasteiger partial charge in [-0.2, -0.15) is 5.10 Å². The molecule has 1 saturated heterocycles. The summed E-state index contributed by atoms with van der Waals surface area (Å²) in [4.78, 5) is 25.3. The molecule has 2 aromatic heterocycles. The van der Waals surface area contributed by atoms with E-state index in [0.717, 1.165) is 17.0 Å². The van der Waals surface area contributed by atoms with Crippen molar-refractivity contribution in [1.82, 2.24) is 25.1 Å². The Bertz CT molecular complexity index is 917. The van der Waals surface area contributed by atoms with E-state index in [2.05, 4.69) is 25.1 Å². The molecular formula is C20H22N6O2. The van der Waals surface area contributed by atoms with Crippen LogP contribution in [0.2, 0.25) is 0 Å². The lowest BCUT2D eigenvalue weighted by molar-refractivity contribution is 0.0740. The Kier molecular flexibility index (Phi) is 5.18. The molecule has 8 nitrogen and oxygen atoms in total. The van der Waals surface area contributed by atoms with Gasteiger partial charge in [0.2, 0.25) is 5.95 Å². The Hall–Kier alpha value is -3.42. The molecule has 8 heteroatoms. The van der Waals surface area contributed by atoms with Crippen molar-refractivity contribution in [3.8, 4) is 17.0 Å². The largest absolute Gasteiger partial charge is 0.494 e. The highest BCUT2D eigenvalue weighted by Crippen LogP contribution is 2.22. The maximum atomic E-state index is 12.8. The molecule has 1 fully saturated rings. The van der Waals surface area contributed by atoms with Crippen LogP contribution in [0.15, 0.2) is 48.8 Å². The van der Waals surface area contributed by atoms with E-state index in [1.165, 1.54) is 0 Å². The lowest BCUT2D eigenvalue weighted by Gasteiger charge is -2.34. The number of aromatic nitrogens is 4. The fourth-order valence-corrected chi connectivity index (χ4v) is 3.20. The van der Waals surface area contributed by atoms with Gasteiger partial charge in [-0.15, -0.1) is 0 Å². The molecular weight excluding hydrogens is 356 g/mol. The summed E-state index contributed by atoms with van der Waals surface area (Å²) in [7, 11) is 0. The number of benzene rings is 1. The number of ether oxygens (including phenoxy) is 1. The molecule has 144 valence electrons. The van der Waals surface area contributed by atoms with Crippen LogP contribution in [0, 0.1) is 0 Å². The summed E-state index contributed by atoms with van der Waals surface area (Å²) < 4.78 is 5.46. The van der Waals surface area contributed by atoms with Crippen LogP contribution < -0.4 is 9.64 Å². The topological polar surface area (TPSA) is 87.2 Å². The first-order valence-corrected chi connectivity index (χ1v) is 9.34. The maximum Gasteiger partial charge on any atom is 0.272 e. The Labute approximate surface area is 163 Å². The van der Waals surface area contributed by atoms with Crippen LogP contribution in [-0.4, -0.2) is 63.8 Å². The van der Waals surface area contributed by atoms with Gasteiger partial charge in [-0.3, -0.25) is 9.89 Å². The first kappa shape index (κ1) is 18.0. The number of anilines is 1. The van der Waals surface area contributed by atoms with Gasteiger partial charge in [-0.25, -0.2) is 9.97 Å². The summed E-state index contributed by atoms with van der Waals surface area (Å²) in [5.41, 5.74) is 2.17. The number of carbonyl (C=O) groups is 1. The lowest BCUT2D eigenvalue weighted by Crippen LogP contribution is -2.49. The molecule has 1 aliphatic rings. The summed E-state index contributed by atoms with van der Waals surface area (Å²) in [5.74, 6) is 1.48. The molecule has 1 aromatic carbocycles. The lowest BCUT2D eigenvalue weighted by atomic mass is 10.1. The zero-order chi connectivity index (χ0) is 19.3. The first-order chi connectivity index (χ1) is 13.7. The molecule has 3 heterocycles. The second-order valence-corrected chi connectivity index (χ2v) is 6.45. The number of H-pyrrole nitrogens is 1. The molecule has 0 unspecified atom stereocenters. The van der Waals surface area contributed by atoms with E-state index in [4.69, 9.17) is 4.74 Å². The van der Waals surface area contributed by atoms with Gasteiger partial charge >= 0.3 is 0 Å². The van der Waals surface area contributed by atoms with Crippen molar-refractivity contribution >= 4 is 11.9 Å². The van der Waals surface area contributed by atoms with Crippen LogP contribution in [0.5, 0.6) is 5.75 Å². The van der Waals surface area contributed by atoms with Gasteiger partial charge in [-0.1, -0.05) is 0 Å². The predicted octanol–water partition coefficient (Wildman–Crippen LogP) is 2.23. The SMILES string of the molecule is CCOc1ccc(-c2cc(C(=O)N3CCN(c4ncccn4)CC3)[nH]n2)cc1. The van der Waals surface area contributed by atoms with Crippen molar-refractivity contribution in [1.29, 1.82) is 0 Å². The van der Waals surface area contributed by atoms with Crippen LogP contribution in [0.25, 0.3) is 11.3 Å². The summed E-state index contributed by atoms with van der Waals surface area (Å²) in [6.07, 6.45) is 3.46. The summed E-state index contributed by atoms with van der Waals surface area (Å²) >= 11 is 0. The molecule has 0 radical (unpaired) electrons. The van der Waals surface area contributed by atoms with Gasteiger partial charge in [0.25, 0.3) is 5.91 Å². The van der Waals surface area contributed by atoms with Crippen molar-refractivity contribution in [2.45, 2.75) is 6.92 Å². The Morgan fingerprint density at radius 3 is 2.50 bits per heavy atom. The quantitative estimate of drug-likeness (QED) is 0.733. The van der Waals surface area contributed by atoms with Gasteiger partial charge < -0.3 is 14.5 Å². The smallest absolute Gasteiger partial charge is 0.272 e. The normalized spacial score (nSPS) is 14.2. The van der Waals surface area contributed by atoms with Gasteiger partial charge in [0.1, 0.15) is 11.4 Å². The molecule has 1 amide bonds. The number of hydrogen-bond donors (Lipinski definition) is 1. The van der Waals surface area contributed by atoms with Crippen molar-refractivity contribution in [2.75, 3.05) is 37.7 Å². The first-order valence-electron chi connectivity index (χ1n) is 9.34. The zero-order valence-electron chi connectivity index (χ0n) is 15.7. The summed E-state index contributed by atoms with van der Waals surface area (Å²) in [6, 6.07) is 11.3. The molecule has 1 aliphatic heterocycles. The summed E-state index contributed by atoms with van der Waals surface area (Å²) in [5, 5.41) is 7.17. The van der Waals surface area contributed by atoms with E-state index < -0.39 is 0 Å². The zero-order valence-corrected chi connectivity index (χ0v) is 15.7. The molecule has 4 rings (SSSR count). The number of amides is 1.